The van der Waals surface area contributed by atoms with Gasteiger partial charge in [-0.3, -0.25) is 4.90 Å². The van der Waals surface area contributed by atoms with Crippen LogP contribution in [0.1, 0.15) is 17.8 Å². The first-order valence-corrected chi connectivity index (χ1v) is 7.88. The lowest BCUT2D eigenvalue weighted by Crippen LogP contribution is -2.47. The van der Waals surface area contributed by atoms with E-state index in [4.69, 9.17) is 4.74 Å². The molecule has 0 unspecified atom stereocenters. The number of methoxy groups -OCH3 is 1. The average molecular weight is 371 g/mol. The molecule has 7 heteroatoms. The van der Waals surface area contributed by atoms with Crippen molar-refractivity contribution in [2.75, 3.05) is 13.7 Å². The molecule has 2 amide bonds. The monoisotopic (exact) mass is 370 g/mol. The van der Waals surface area contributed by atoms with Crippen LogP contribution < -0.4 is 5.32 Å². The number of nitrogens with one attached hydrogen (secondary N) is 1. The molecule has 1 N–H and O–H groups in total. The van der Waals surface area contributed by atoms with Gasteiger partial charge in [-0.15, -0.1) is 17.9 Å². The van der Waals surface area contributed by atoms with Gasteiger partial charge in [0.05, 0.1) is 18.7 Å². The molecule has 1 aliphatic heterocycles. The smallest absolute Gasteiger partial charge is 0.338 e. The lowest BCUT2D eigenvalue weighted by atomic mass is 10.0. The van der Waals surface area contributed by atoms with E-state index < -0.39 is 12.0 Å². The zero-order chi connectivity index (χ0) is 15.6. The molecule has 2 rings (SSSR count). The third-order valence-corrected chi connectivity index (χ3v) is 4.94. The fraction of sp³-hybridized carbons (Fsp3) is 0.286. The number of rotatable bonds is 4. The largest absolute Gasteiger partial charge is 0.466 e. The number of hydrogen-bond acceptors (Lipinski definition) is 4. The van der Waals surface area contributed by atoms with Crippen LogP contribution >= 0.6 is 27.3 Å². The summed E-state index contributed by atoms with van der Waals surface area (Å²) in [6.07, 6.45) is 1.61. The van der Waals surface area contributed by atoms with Gasteiger partial charge < -0.3 is 10.1 Å². The second-order valence-electron chi connectivity index (χ2n) is 4.44. The second-order valence-corrected chi connectivity index (χ2v) is 6.30. The van der Waals surface area contributed by atoms with Crippen molar-refractivity contribution in [2.24, 2.45) is 0 Å². The van der Waals surface area contributed by atoms with Crippen LogP contribution in [0.3, 0.4) is 0 Å². The average Bonchev–Trinajstić information content (AvgIpc) is 2.88. The highest BCUT2D eigenvalue weighted by Gasteiger charge is 2.36. The lowest BCUT2D eigenvalue weighted by molar-refractivity contribution is -0.136. The van der Waals surface area contributed by atoms with Crippen LogP contribution in [0.2, 0.25) is 0 Å². The maximum atomic E-state index is 12.2. The molecule has 0 saturated carbocycles. The minimum absolute atomic E-state index is 0.255. The molecule has 5 nitrogen and oxygen atoms in total. The van der Waals surface area contributed by atoms with E-state index in [1.54, 1.807) is 13.0 Å². The summed E-state index contributed by atoms with van der Waals surface area (Å²) in [6, 6.07) is 1.13. The van der Waals surface area contributed by atoms with Crippen LogP contribution in [0.15, 0.2) is 39.8 Å². The Kier molecular flexibility index (Phi) is 4.84. The molecule has 1 aliphatic rings. The lowest BCUT2D eigenvalue weighted by Gasteiger charge is -2.34. The number of nitrogens with zero attached hydrogens (tertiary/aromatic N) is 1. The molecule has 2 heterocycles. The van der Waals surface area contributed by atoms with E-state index in [0.717, 1.165) is 9.35 Å². The van der Waals surface area contributed by atoms with Crippen molar-refractivity contribution >= 4 is 39.3 Å². The second kappa shape index (κ2) is 6.44. The molecular weight excluding hydrogens is 356 g/mol. The van der Waals surface area contributed by atoms with Crippen molar-refractivity contribution in [2.45, 2.75) is 13.0 Å². The van der Waals surface area contributed by atoms with Gasteiger partial charge in [-0.25, -0.2) is 9.59 Å². The molecule has 112 valence electrons. The fourth-order valence-electron chi connectivity index (χ4n) is 2.20. The minimum atomic E-state index is -0.498. The van der Waals surface area contributed by atoms with Crippen molar-refractivity contribution in [3.63, 3.8) is 0 Å². The van der Waals surface area contributed by atoms with Crippen LogP contribution in [0, 0.1) is 0 Å². The van der Waals surface area contributed by atoms with E-state index in [-0.39, 0.29) is 6.03 Å². The van der Waals surface area contributed by atoms with Crippen LogP contribution in [0.5, 0.6) is 0 Å². The summed E-state index contributed by atoms with van der Waals surface area (Å²) < 4.78 is 5.78. The van der Waals surface area contributed by atoms with Gasteiger partial charge in [0.25, 0.3) is 0 Å². The van der Waals surface area contributed by atoms with E-state index in [0.29, 0.717) is 17.8 Å². The van der Waals surface area contributed by atoms with Gasteiger partial charge in [0, 0.05) is 27.0 Å². The normalized spacial score (nSPS) is 18.5. The predicted octanol–water partition coefficient (Wildman–Crippen LogP) is 3.21. The molecule has 0 saturated heterocycles. The summed E-state index contributed by atoms with van der Waals surface area (Å²) in [5.41, 5.74) is 1.02. The minimum Gasteiger partial charge on any atom is -0.466 e. The van der Waals surface area contributed by atoms with Gasteiger partial charge >= 0.3 is 12.0 Å². The summed E-state index contributed by atoms with van der Waals surface area (Å²) in [5, 5.41) is 4.75. The first-order valence-electron chi connectivity index (χ1n) is 6.21. The van der Waals surface area contributed by atoms with E-state index in [1.807, 2.05) is 11.4 Å². The Balaban J connectivity index is 2.51. The Labute approximate surface area is 135 Å². The number of ether oxygens (including phenoxy) is 1. The molecule has 1 aromatic rings. The summed E-state index contributed by atoms with van der Waals surface area (Å²) in [7, 11) is 1.33. The first-order chi connectivity index (χ1) is 9.99. The fourth-order valence-corrected chi connectivity index (χ4v) is 3.70. The summed E-state index contributed by atoms with van der Waals surface area (Å²) >= 11 is 4.85. The topological polar surface area (TPSA) is 58.6 Å². The number of halogens is 1. The highest BCUT2D eigenvalue weighted by Crippen LogP contribution is 2.35. The number of amides is 2. The molecule has 1 atom stereocenters. The Morgan fingerprint density at radius 1 is 1.67 bits per heavy atom. The first kappa shape index (κ1) is 15.8. The number of allylic oxidation sites excluding steroid dienone is 1. The molecule has 0 radical (unpaired) electrons. The number of carbonyl (C=O) groups excluding carboxylic acids is 2. The zero-order valence-electron chi connectivity index (χ0n) is 11.7. The van der Waals surface area contributed by atoms with E-state index >= 15 is 0 Å². The quantitative estimate of drug-likeness (QED) is 0.653. The third-order valence-electron chi connectivity index (χ3n) is 3.19. The van der Waals surface area contributed by atoms with Gasteiger partial charge in [-0.2, -0.15) is 0 Å². The van der Waals surface area contributed by atoms with Gasteiger partial charge in [-0.1, -0.05) is 6.08 Å². The maximum Gasteiger partial charge on any atom is 0.338 e. The molecular formula is C14H15BrN2O3S. The number of esters is 1. The molecule has 0 fully saturated rings. The number of urea groups is 1. The molecule has 0 spiro atoms. The Bertz CT molecular complexity index is 623. The summed E-state index contributed by atoms with van der Waals surface area (Å²) in [5.74, 6) is -0.448. The van der Waals surface area contributed by atoms with Gasteiger partial charge in [-0.05, 0) is 28.9 Å². The van der Waals surface area contributed by atoms with Crippen LogP contribution in [-0.4, -0.2) is 30.6 Å². The van der Waals surface area contributed by atoms with Crippen LogP contribution in [-0.2, 0) is 9.53 Å². The van der Waals surface area contributed by atoms with E-state index in [1.165, 1.54) is 23.3 Å². The number of hydrogen-bond donors (Lipinski definition) is 1. The molecule has 21 heavy (non-hydrogen) atoms. The highest BCUT2D eigenvalue weighted by atomic mass is 79.9. The Morgan fingerprint density at radius 3 is 2.90 bits per heavy atom. The van der Waals surface area contributed by atoms with Gasteiger partial charge in [0.15, 0.2) is 0 Å². The summed E-state index contributed by atoms with van der Waals surface area (Å²) in [6.45, 7) is 5.70. The maximum absolute atomic E-state index is 12.2. The van der Waals surface area contributed by atoms with Crippen molar-refractivity contribution in [3.8, 4) is 0 Å². The van der Waals surface area contributed by atoms with Crippen molar-refractivity contribution < 1.29 is 14.3 Å². The Hall–Kier alpha value is -1.60. The van der Waals surface area contributed by atoms with Gasteiger partial charge in [0.2, 0.25) is 0 Å². The van der Waals surface area contributed by atoms with Gasteiger partial charge in [0.1, 0.15) is 0 Å². The van der Waals surface area contributed by atoms with Crippen LogP contribution in [0.25, 0.3) is 0 Å². The number of carbonyl (C=O) groups is 2. The SMILES string of the molecule is C=CCN1C(=O)N[C@@H](c2cc(Br)cs2)C(C(=O)OC)=C1C. The Morgan fingerprint density at radius 2 is 2.38 bits per heavy atom. The van der Waals surface area contributed by atoms with E-state index in [2.05, 4.69) is 27.8 Å². The standard InChI is InChI=1S/C14H15BrN2O3S/c1-4-5-17-8(2)11(13(18)20-3)12(16-14(17)19)10-6-9(15)7-21-10/h4,6-7,12H,1,5H2,2-3H3,(H,16,19)/t12-/m0/s1. The van der Waals surface area contributed by atoms with Crippen LogP contribution in [0.4, 0.5) is 4.79 Å². The molecule has 0 aromatic carbocycles. The molecule has 0 aliphatic carbocycles. The summed E-state index contributed by atoms with van der Waals surface area (Å²) in [4.78, 5) is 26.7. The highest BCUT2D eigenvalue weighted by molar-refractivity contribution is 9.10. The zero-order valence-corrected chi connectivity index (χ0v) is 14.1. The van der Waals surface area contributed by atoms with Crippen molar-refractivity contribution in [1.82, 2.24) is 10.2 Å². The molecule has 0 bridgehead atoms. The predicted molar refractivity (Wildman–Crippen MR) is 84.9 cm³/mol. The van der Waals surface area contributed by atoms with E-state index in [9.17, 15) is 9.59 Å². The van der Waals surface area contributed by atoms with Crippen molar-refractivity contribution in [3.05, 3.63) is 44.7 Å². The third kappa shape index (κ3) is 3.03. The number of thiophene rings is 1. The molecule has 1 aromatic heterocycles. The van der Waals surface area contributed by atoms with Crippen molar-refractivity contribution in [1.29, 1.82) is 0 Å².